The van der Waals surface area contributed by atoms with Gasteiger partial charge in [0.05, 0.1) is 27.8 Å². The van der Waals surface area contributed by atoms with Crippen LogP contribution in [0, 0.1) is 0 Å². The van der Waals surface area contributed by atoms with Crippen molar-refractivity contribution >= 4 is 94.4 Å². The van der Waals surface area contributed by atoms with Crippen LogP contribution in [0.3, 0.4) is 0 Å². The Labute approximate surface area is 404 Å². The number of hydrogen-bond donors (Lipinski definition) is 0. The molecule has 0 spiro atoms. The van der Waals surface area contributed by atoms with Crippen LogP contribution in [-0.4, -0.2) is 27.2 Å². The fourth-order valence-corrected chi connectivity index (χ4v) is 16.0. The number of benzene rings is 10. The van der Waals surface area contributed by atoms with E-state index in [1.807, 2.05) is 12.1 Å². The molecule has 0 atom stereocenters. The molecule has 14 aromatic rings. The molecule has 0 amide bonds. The first-order chi connectivity index (χ1) is 34.7. The Morgan fingerprint density at radius 2 is 0.829 bits per heavy atom. The number of rotatable bonds is 8. The Morgan fingerprint density at radius 1 is 0.314 bits per heavy atom. The first-order valence-electron chi connectivity index (χ1n) is 23.8. The molecule has 0 bridgehead atoms. The molecular formula is C64H42N4OSi. The largest absolute Gasteiger partial charge is 0.456 e. The number of furan rings is 1. The van der Waals surface area contributed by atoms with Gasteiger partial charge in [-0.25, -0.2) is 9.97 Å². The highest BCUT2D eigenvalue weighted by molar-refractivity contribution is 7.19. The summed E-state index contributed by atoms with van der Waals surface area (Å²) in [6.07, 6.45) is 0. The predicted octanol–water partition coefficient (Wildman–Crippen LogP) is 13.3. The van der Waals surface area contributed by atoms with Crippen LogP contribution < -0.4 is 20.7 Å². The van der Waals surface area contributed by atoms with Crippen molar-refractivity contribution in [1.82, 2.24) is 19.1 Å². The van der Waals surface area contributed by atoms with Gasteiger partial charge in [-0.15, -0.1) is 0 Å². The second-order valence-electron chi connectivity index (χ2n) is 18.1. The Bertz CT molecular complexity index is 4160. The Kier molecular flexibility index (Phi) is 9.15. The van der Waals surface area contributed by atoms with Gasteiger partial charge in [0.25, 0.3) is 0 Å². The van der Waals surface area contributed by atoms with Gasteiger partial charge in [0.2, 0.25) is 0 Å². The minimum atomic E-state index is -2.85. The minimum Gasteiger partial charge on any atom is -0.456 e. The van der Waals surface area contributed by atoms with Gasteiger partial charge in [-0.1, -0.05) is 194 Å². The summed E-state index contributed by atoms with van der Waals surface area (Å²) in [5, 5.41) is 12.1. The second-order valence-corrected chi connectivity index (χ2v) is 21.9. The third-order valence-electron chi connectivity index (χ3n) is 14.3. The van der Waals surface area contributed by atoms with Gasteiger partial charge in [0, 0.05) is 55.2 Å². The first kappa shape index (κ1) is 40.0. The highest BCUT2D eigenvalue weighted by atomic mass is 28.3. The normalized spacial score (nSPS) is 12.0. The molecule has 14 rings (SSSR count). The van der Waals surface area contributed by atoms with E-state index < -0.39 is 8.07 Å². The maximum atomic E-state index is 6.46. The van der Waals surface area contributed by atoms with E-state index in [4.69, 9.17) is 14.4 Å². The lowest BCUT2D eigenvalue weighted by molar-refractivity contribution is 0.669. The number of fused-ring (bicyclic) bond motifs is 9. The minimum absolute atomic E-state index is 0.616. The third-order valence-corrected chi connectivity index (χ3v) is 19.1. The summed E-state index contributed by atoms with van der Waals surface area (Å²) < 4.78 is 11.2. The molecular weight excluding hydrogens is 869 g/mol. The molecule has 0 N–H and O–H groups in total. The van der Waals surface area contributed by atoms with Crippen molar-refractivity contribution in [3.05, 3.63) is 255 Å². The molecule has 0 radical (unpaired) electrons. The Morgan fingerprint density at radius 3 is 1.47 bits per heavy atom. The van der Waals surface area contributed by atoms with Crippen LogP contribution in [0.4, 0.5) is 0 Å². The van der Waals surface area contributed by atoms with Crippen molar-refractivity contribution in [2.75, 3.05) is 0 Å². The van der Waals surface area contributed by atoms with Crippen molar-refractivity contribution in [1.29, 1.82) is 0 Å². The molecule has 5 nitrogen and oxygen atoms in total. The van der Waals surface area contributed by atoms with Crippen LogP contribution in [0.5, 0.6) is 0 Å². The molecule has 0 saturated carbocycles. The van der Waals surface area contributed by atoms with E-state index in [0.29, 0.717) is 5.82 Å². The quantitative estimate of drug-likeness (QED) is 0.113. The van der Waals surface area contributed by atoms with Gasteiger partial charge in [-0.05, 0) is 75.3 Å². The van der Waals surface area contributed by atoms with E-state index in [1.54, 1.807) is 0 Å². The van der Waals surface area contributed by atoms with E-state index in [0.717, 1.165) is 72.1 Å². The van der Waals surface area contributed by atoms with Crippen LogP contribution >= 0.6 is 0 Å². The second kappa shape index (κ2) is 16.0. The van der Waals surface area contributed by atoms with Gasteiger partial charge in [0.15, 0.2) is 13.9 Å². The molecule has 0 unspecified atom stereocenters. The average Bonchev–Trinajstić information content (AvgIpc) is 4.09. The molecule has 4 aromatic heterocycles. The Balaban J connectivity index is 1.01. The summed E-state index contributed by atoms with van der Waals surface area (Å²) in [6, 6.07) is 92.0. The van der Waals surface area contributed by atoms with Crippen LogP contribution in [-0.2, 0) is 0 Å². The zero-order valence-electron chi connectivity index (χ0n) is 37.9. The molecule has 0 saturated heterocycles. The van der Waals surface area contributed by atoms with E-state index in [1.165, 1.54) is 42.6 Å². The van der Waals surface area contributed by atoms with Crippen molar-refractivity contribution in [2.45, 2.75) is 0 Å². The molecule has 328 valence electrons. The van der Waals surface area contributed by atoms with E-state index >= 15 is 0 Å². The molecule has 0 fully saturated rings. The van der Waals surface area contributed by atoms with Crippen molar-refractivity contribution in [2.24, 2.45) is 0 Å². The summed E-state index contributed by atoms with van der Waals surface area (Å²) in [6.45, 7) is 0. The summed E-state index contributed by atoms with van der Waals surface area (Å²) >= 11 is 0. The molecule has 0 aliphatic rings. The van der Waals surface area contributed by atoms with E-state index in [9.17, 15) is 0 Å². The summed E-state index contributed by atoms with van der Waals surface area (Å²) in [7, 11) is -2.85. The number of hydrogen-bond acceptors (Lipinski definition) is 3. The molecule has 4 heterocycles. The van der Waals surface area contributed by atoms with Gasteiger partial charge in [-0.3, -0.25) is 4.57 Å². The van der Waals surface area contributed by atoms with Crippen LogP contribution in [0.1, 0.15) is 0 Å². The number of nitrogens with zero attached hydrogens (tertiary/aromatic N) is 4. The average molecular weight is 911 g/mol. The van der Waals surface area contributed by atoms with E-state index in [-0.39, 0.29) is 0 Å². The maximum Gasteiger partial charge on any atom is 0.179 e. The van der Waals surface area contributed by atoms with Crippen LogP contribution in [0.25, 0.3) is 99.7 Å². The monoisotopic (exact) mass is 910 g/mol. The lowest BCUT2D eigenvalue weighted by Crippen LogP contribution is -2.74. The van der Waals surface area contributed by atoms with Gasteiger partial charge >= 0.3 is 0 Å². The molecule has 70 heavy (non-hydrogen) atoms. The fraction of sp³-hybridized carbons (Fsp3) is 0. The molecule has 10 aromatic carbocycles. The van der Waals surface area contributed by atoms with Gasteiger partial charge < -0.3 is 8.98 Å². The highest BCUT2D eigenvalue weighted by Crippen LogP contribution is 2.38. The summed E-state index contributed by atoms with van der Waals surface area (Å²) in [4.78, 5) is 11.0. The zero-order chi connectivity index (χ0) is 46.2. The zero-order valence-corrected chi connectivity index (χ0v) is 38.9. The predicted molar refractivity (Wildman–Crippen MR) is 292 cm³/mol. The molecule has 6 heteroatoms. The topological polar surface area (TPSA) is 48.8 Å². The highest BCUT2D eigenvalue weighted by Gasteiger charge is 2.41. The lowest BCUT2D eigenvalue weighted by atomic mass is 10.1. The van der Waals surface area contributed by atoms with Crippen molar-refractivity contribution < 1.29 is 4.42 Å². The first-order valence-corrected chi connectivity index (χ1v) is 25.8. The van der Waals surface area contributed by atoms with Crippen molar-refractivity contribution in [3.8, 4) is 34.2 Å². The number of para-hydroxylation sites is 4. The molecule has 0 aliphatic heterocycles. The SMILES string of the molecule is c1ccc([Si](c2ccccc2)(c2ccccc2)c2cccc(-c3cc(-n4c5ccccc5c5cc(-n6c7ccccc7c7ccccc76)ccc54)nc(-c4ccc5c(c4)oc4ccccc45)n3)c2)cc1. The molecule has 0 aliphatic carbocycles. The third kappa shape index (κ3) is 6.17. The fourth-order valence-electron chi connectivity index (χ4n) is 11.2. The van der Waals surface area contributed by atoms with Crippen molar-refractivity contribution in [3.63, 3.8) is 0 Å². The van der Waals surface area contributed by atoms with Crippen LogP contribution in [0.15, 0.2) is 259 Å². The van der Waals surface area contributed by atoms with E-state index in [2.05, 4.69) is 252 Å². The maximum absolute atomic E-state index is 6.46. The van der Waals surface area contributed by atoms with Crippen LogP contribution in [0.2, 0.25) is 0 Å². The standard InChI is InChI=1S/C64H42N4OSi/c1-4-20-46(21-5-1)70(47-22-6-2-7-23-47,48-24-8-3-9-25-48)49-26-18-19-43(39-49)56-42-63(66-64(65-56)44-35-37-54-53-30-13-17-34-61(53)69-62(54)40-44)68-59-33-16-12-29-52(59)55-41-45(36-38-60(55)68)67-57-31-14-10-27-50(57)51-28-11-15-32-58(51)67/h1-42H. The Hall–Kier alpha value is -9.10. The summed E-state index contributed by atoms with van der Waals surface area (Å²) in [5.74, 6) is 1.40. The number of aromatic nitrogens is 4. The summed E-state index contributed by atoms with van der Waals surface area (Å²) in [5.41, 5.74) is 9.98. The smallest absolute Gasteiger partial charge is 0.179 e. The van der Waals surface area contributed by atoms with Gasteiger partial charge in [0.1, 0.15) is 17.0 Å². The van der Waals surface area contributed by atoms with Gasteiger partial charge in [-0.2, -0.15) is 0 Å². The lowest BCUT2D eigenvalue weighted by Gasteiger charge is -2.34.